The monoisotopic (exact) mass is 185 g/mol. The predicted molar refractivity (Wildman–Crippen MR) is 39.4 cm³/mol. The van der Waals surface area contributed by atoms with Crippen LogP contribution < -0.4 is 0 Å². The normalized spacial score (nSPS) is 11.1. The van der Waals surface area contributed by atoms with Crippen LogP contribution in [-0.2, 0) is 7.05 Å². The minimum Gasteiger partial charge on any atom is -0.324 e. The summed E-state index contributed by atoms with van der Waals surface area (Å²) in [5, 5.41) is 0. The lowest BCUT2D eigenvalue weighted by Gasteiger charge is -1.97. The summed E-state index contributed by atoms with van der Waals surface area (Å²) in [6.45, 7) is 0. The number of aromatic nitrogens is 2. The van der Waals surface area contributed by atoms with Crippen molar-refractivity contribution < 1.29 is 13.2 Å². The number of rotatable bonds is 0. The second kappa shape index (κ2) is 2.48. The molecule has 1 aromatic carbocycles. The lowest BCUT2D eigenvalue weighted by Crippen LogP contribution is -1.93. The first-order valence-corrected chi connectivity index (χ1v) is 3.49. The van der Waals surface area contributed by atoms with E-state index in [4.69, 9.17) is 0 Å². The molecule has 0 bridgehead atoms. The topological polar surface area (TPSA) is 17.8 Å². The van der Waals surface area contributed by atoms with Gasteiger partial charge < -0.3 is 4.57 Å². The second-order valence-electron chi connectivity index (χ2n) is 2.62. The fraction of sp³-hybridized carbons (Fsp3) is 0.125. The van der Waals surface area contributed by atoms with E-state index in [9.17, 15) is 13.2 Å². The van der Waals surface area contributed by atoms with E-state index in [2.05, 4.69) is 11.3 Å². The van der Waals surface area contributed by atoms with Gasteiger partial charge in [-0.25, -0.2) is 18.2 Å². The van der Waals surface area contributed by atoms with E-state index in [0.29, 0.717) is 0 Å². The van der Waals surface area contributed by atoms with Crippen LogP contribution in [0.2, 0.25) is 0 Å². The zero-order valence-electron chi connectivity index (χ0n) is 6.61. The molecule has 0 aliphatic carbocycles. The van der Waals surface area contributed by atoms with Crippen molar-refractivity contribution >= 4 is 11.0 Å². The van der Waals surface area contributed by atoms with Gasteiger partial charge >= 0.3 is 0 Å². The molecule has 0 N–H and O–H groups in total. The van der Waals surface area contributed by atoms with E-state index in [1.807, 2.05) is 0 Å². The number of hydrogen-bond acceptors (Lipinski definition) is 1. The third kappa shape index (κ3) is 0.998. The van der Waals surface area contributed by atoms with Crippen molar-refractivity contribution in [2.24, 2.45) is 7.05 Å². The van der Waals surface area contributed by atoms with Gasteiger partial charge in [0.25, 0.3) is 0 Å². The Morgan fingerprint density at radius 1 is 1.31 bits per heavy atom. The number of aryl methyl sites for hydroxylation is 1. The first-order valence-electron chi connectivity index (χ1n) is 3.49. The van der Waals surface area contributed by atoms with Gasteiger partial charge in [-0.15, -0.1) is 0 Å². The largest absolute Gasteiger partial charge is 0.324 e. The van der Waals surface area contributed by atoms with Crippen LogP contribution in [0.4, 0.5) is 13.2 Å². The molecule has 0 spiro atoms. The van der Waals surface area contributed by atoms with Crippen molar-refractivity contribution in [1.82, 2.24) is 9.55 Å². The van der Waals surface area contributed by atoms with E-state index in [0.717, 1.165) is 6.07 Å². The third-order valence-electron chi connectivity index (χ3n) is 1.79. The molecule has 1 heterocycles. The summed E-state index contributed by atoms with van der Waals surface area (Å²) in [7, 11) is 1.52. The maximum Gasteiger partial charge on any atom is 0.196 e. The Labute approximate surface area is 71.6 Å². The van der Waals surface area contributed by atoms with Crippen LogP contribution in [0.15, 0.2) is 6.07 Å². The molecule has 5 heteroatoms. The molecular weight excluding hydrogens is 181 g/mol. The number of benzene rings is 1. The molecule has 67 valence electrons. The average Bonchev–Trinajstić information content (AvgIpc) is 2.45. The van der Waals surface area contributed by atoms with Crippen LogP contribution in [0.25, 0.3) is 11.0 Å². The van der Waals surface area contributed by atoms with E-state index < -0.39 is 17.5 Å². The fourth-order valence-electron chi connectivity index (χ4n) is 1.11. The van der Waals surface area contributed by atoms with Gasteiger partial charge in [-0.3, -0.25) is 0 Å². The lowest BCUT2D eigenvalue weighted by atomic mass is 10.3. The molecule has 2 nitrogen and oxygen atoms in total. The molecule has 0 saturated heterocycles. The van der Waals surface area contributed by atoms with Gasteiger partial charge in [0, 0.05) is 13.1 Å². The van der Waals surface area contributed by atoms with Gasteiger partial charge in [0.15, 0.2) is 23.8 Å². The SMILES string of the molecule is Cn1[c]nc2c(F)c(F)c(F)cc21. The fourth-order valence-corrected chi connectivity index (χ4v) is 1.11. The summed E-state index contributed by atoms with van der Waals surface area (Å²) in [6, 6.07) is 0.886. The van der Waals surface area contributed by atoms with Crippen LogP contribution in [-0.4, -0.2) is 9.55 Å². The van der Waals surface area contributed by atoms with E-state index in [-0.39, 0.29) is 11.0 Å². The van der Waals surface area contributed by atoms with Crippen molar-refractivity contribution in [3.63, 3.8) is 0 Å². The Morgan fingerprint density at radius 2 is 2.00 bits per heavy atom. The summed E-state index contributed by atoms with van der Waals surface area (Å²) in [4.78, 5) is 3.48. The van der Waals surface area contributed by atoms with Crippen LogP contribution in [0, 0.1) is 23.8 Å². The Balaban J connectivity index is 2.96. The smallest absolute Gasteiger partial charge is 0.196 e. The van der Waals surface area contributed by atoms with Gasteiger partial charge in [-0.05, 0) is 0 Å². The molecule has 1 radical (unpaired) electrons. The van der Waals surface area contributed by atoms with Crippen LogP contribution in [0.1, 0.15) is 0 Å². The lowest BCUT2D eigenvalue weighted by molar-refractivity contribution is 0.452. The minimum atomic E-state index is -1.50. The van der Waals surface area contributed by atoms with Gasteiger partial charge in [0.1, 0.15) is 5.52 Å². The predicted octanol–water partition coefficient (Wildman–Crippen LogP) is 1.79. The van der Waals surface area contributed by atoms with Crippen molar-refractivity contribution in [3.05, 3.63) is 29.8 Å². The van der Waals surface area contributed by atoms with Crippen LogP contribution in [0.5, 0.6) is 0 Å². The Kier molecular flexibility index (Phi) is 1.55. The highest BCUT2D eigenvalue weighted by atomic mass is 19.2. The van der Waals surface area contributed by atoms with Crippen LogP contribution >= 0.6 is 0 Å². The Hall–Kier alpha value is -1.52. The zero-order valence-corrected chi connectivity index (χ0v) is 6.61. The van der Waals surface area contributed by atoms with Crippen LogP contribution in [0.3, 0.4) is 0 Å². The average molecular weight is 185 g/mol. The minimum absolute atomic E-state index is 0.177. The molecule has 2 rings (SSSR count). The highest BCUT2D eigenvalue weighted by molar-refractivity contribution is 5.75. The Morgan fingerprint density at radius 3 is 2.69 bits per heavy atom. The van der Waals surface area contributed by atoms with E-state index >= 15 is 0 Å². The highest BCUT2D eigenvalue weighted by Gasteiger charge is 2.16. The maximum absolute atomic E-state index is 13.0. The maximum atomic E-state index is 13.0. The number of imidazole rings is 1. The van der Waals surface area contributed by atoms with Gasteiger partial charge in [0.2, 0.25) is 0 Å². The molecule has 13 heavy (non-hydrogen) atoms. The zero-order chi connectivity index (χ0) is 9.59. The Bertz CT molecular complexity index is 476. The summed E-state index contributed by atoms with van der Waals surface area (Å²) < 4.78 is 39.6. The molecule has 1 aromatic heterocycles. The molecule has 0 atom stereocenters. The molecular formula is C8H4F3N2. The summed E-state index contributed by atoms with van der Waals surface area (Å²) >= 11 is 0. The quantitative estimate of drug-likeness (QED) is 0.572. The molecule has 0 aliphatic rings. The van der Waals surface area contributed by atoms with E-state index in [1.165, 1.54) is 11.6 Å². The summed E-state index contributed by atoms with van der Waals surface area (Å²) in [5.41, 5.74) is -0.0298. The standard InChI is InChI=1S/C8H4F3N2/c1-13-3-12-8-5(13)2-4(9)6(10)7(8)11/h2H,1H3. The van der Waals surface area contributed by atoms with Crippen molar-refractivity contribution in [3.8, 4) is 0 Å². The first-order chi connectivity index (χ1) is 6.11. The molecule has 0 unspecified atom stereocenters. The van der Waals surface area contributed by atoms with Crippen molar-refractivity contribution in [2.75, 3.05) is 0 Å². The second-order valence-corrected chi connectivity index (χ2v) is 2.62. The van der Waals surface area contributed by atoms with Gasteiger partial charge in [0.05, 0.1) is 5.52 Å². The van der Waals surface area contributed by atoms with Gasteiger partial charge in [-0.2, -0.15) is 0 Å². The van der Waals surface area contributed by atoms with Crippen molar-refractivity contribution in [1.29, 1.82) is 0 Å². The van der Waals surface area contributed by atoms with E-state index in [1.54, 1.807) is 0 Å². The number of halogens is 3. The molecule has 0 amide bonds. The first kappa shape index (κ1) is 8.10. The summed E-state index contributed by atoms with van der Waals surface area (Å²) in [6.07, 6.45) is 2.37. The van der Waals surface area contributed by atoms with Gasteiger partial charge in [-0.1, -0.05) is 0 Å². The third-order valence-corrected chi connectivity index (χ3v) is 1.79. The molecule has 0 saturated carbocycles. The summed E-state index contributed by atoms with van der Waals surface area (Å²) in [5.74, 6) is -3.99. The number of fused-ring (bicyclic) bond motifs is 1. The highest BCUT2D eigenvalue weighted by Crippen LogP contribution is 2.20. The number of hydrogen-bond donors (Lipinski definition) is 0. The molecule has 0 fully saturated rings. The molecule has 2 aromatic rings. The number of nitrogens with zero attached hydrogens (tertiary/aromatic N) is 2. The van der Waals surface area contributed by atoms with Crippen molar-refractivity contribution in [2.45, 2.75) is 0 Å². The molecule has 0 aliphatic heterocycles.